The van der Waals surface area contributed by atoms with Gasteiger partial charge in [-0.05, 0) is 50.1 Å². The summed E-state index contributed by atoms with van der Waals surface area (Å²) < 4.78 is 0. The van der Waals surface area contributed by atoms with E-state index in [0.29, 0.717) is 22.4 Å². The van der Waals surface area contributed by atoms with E-state index in [0.717, 1.165) is 42.1 Å². The van der Waals surface area contributed by atoms with Gasteiger partial charge in [-0.1, -0.05) is 53.7 Å². The monoisotopic (exact) mass is 526 g/mol. The smallest absolute Gasteiger partial charge is 0.283 e. The van der Waals surface area contributed by atoms with Gasteiger partial charge in [0.25, 0.3) is 5.69 Å². The van der Waals surface area contributed by atoms with Gasteiger partial charge >= 0.3 is 0 Å². The molecule has 1 fully saturated rings. The quantitative estimate of drug-likeness (QED) is 0.153. The highest BCUT2D eigenvalue weighted by Gasteiger charge is 2.18. The van der Waals surface area contributed by atoms with Crippen LogP contribution in [0.25, 0.3) is 0 Å². The Morgan fingerprint density at radius 2 is 1.71 bits per heavy atom. The Bertz CT molecular complexity index is 1440. The SMILES string of the molecule is Cc1ccc(Sc2ccc(/C=N\Nc3nc(Nc4ccccc4)nc(N4CCCC4)n3)cc2[N+](=O)[O-])cc1. The average Bonchev–Trinajstić information content (AvgIpc) is 3.46. The first-order chi connectivity index (χ1) is 18.5. The highest BCUT2D eigenvalue weighted by atomic mass is 32.2. The van der Waals surface area contributed by atoms with Crippen molar-refractivity contribution in [3.8, 4) is 0 Å². The van der Waals surface area contributed by atoms with Gasteiger partial charge in [-0.2, -0.15) is 20.1 Å². The number of aryl methyl sites for hydroxylation is 1. The van der Waals surface area contributed by atoms with Crippen LogP contribution in [0.1, 0.15) is 24.0 Å². The van der Waals surface area contributed by atoms with Gasteiger partial charge < -0.3 is 10.2 Å². The summed E-state index contributed by atoms with van der Waals surface area (Å²) in [5.41, 5.74) is 5.45. The van der Waals surface area contributed by atoms with E-state index in [4.69, 9.17) is 0 Å². The van der Waals surface area contributed by atoms with Crippen molar-refractivity contribution in [1.29, 1.82) is 0 Å². The van der Waals surface area contributed by atoms with E-state index in [1.165, 1.54) is 24.0 Å². The molecule has 4 aromatic rings. The molecule has 2 N–H and O–H groups in total. The zero-order valence-electron chi connectivity index (χ0n) is 20.7. The number of para-hydroxylation sites is 1. The van der Waals surface area contributed by atoms with Gasteiger partial charge in [-0.3, -0.25) is 10.1 Å². The number of benzene rings is 3. The number of rotatable bonds is 9. The maximum atomic E-state index is 11.8. The second-order valence-electron chi connectivity index (χ2n) is 8.74. The molecule has 3 aromatic carbocycles. The van der Waals surface area contributed by atoms with Crippen molar-refractivity contribution < 1.29 is 4.92 Å². The van der Waals surface area contributed by atoms with E-state index < -0.39 is 0 Å². The summed E-state index contributed by atoms with van der Waals surface area (Å²) in [6.45, 7) is 3.77. The first kappa shape index (κ1) is 25.2. The summed E-state index contributed by atoms with van der Waals surface area (Å²) in [5, 5.41) is 19.2. The van der Waals surface area contributed by atoms with Crippen molar-refractivity contribution in [2.45, 2.75) is 29.6 Å². The highest BCUT2D eigenvalue weighted by Crippen LogP contribution is 2.35. The molecule has 0 radical (unpaired) electrons. The Hall–Kier alpha value is -4.51. The second kappa shape index (κ2) is 11.7. The number of hydrogen-bond acceptors (Lipinski definition) is 10. The lowest BCUT2D eigenvalue weighted by Crippen LogP contribution is -2.21. The summed E-state index contributed by atoms with van der Waals surface area (Å²) in [6, 6.07) is 22.6. The van der Waals surface area contributed by atoms with E-state index in [1.807, 2.05) is 61.5 Å². The number of hydrazone groups is 1. The topological polar surface area (TPSA) is 121 Å². The fourth-order valence-corrected chi connectivity index (χ4v) is 4.82. The molecule has 1 saturated heterocycles. The molecule has 0 amide bonds. The Morgan fingerprint density at radius 3 is 2.45 bits per heavy atom. The second-order valence-corrected chi connectivity index (χ2v) is 9.85. The van der Waals surface area contributed by atoms with Crippen molar-refractivity contribution in [3.63, 3.8) is 0 Å². The Labute approximate surface area is 224 Å². The maximum Gasteiger partial charge on any atom is 0.283 e. The van der Waals surface area contributed by atoms with Gasteiger partial charge in [0.05, 0.1) is 16.0 Å². The van der Waals surface area contributed by atoms with Gasteiger partial charge in [-0.15, -0.1) is 0 Å². The average molecular weight is 527 g/mol. The van der Waals surface area contributed by atoms with Crippen LogP contribution in [-0.4, -0.2) is 39.2 Å². The Balaban J connectivity index is 1.34. The predicted molar refractivity (Wildman–Crippen MR) is 151 cm³/mol. The number of anilines is 4. The fourth-order valence-electron chi connectivity index (χ4n) is 3.92. The zero-order valence-corrected chi connectivity index (χ0v) is 21.6. The van der Waals surface area contributed by atoms with Crippen LogP contribution in [0.5, 0.6) is 0 Å². The largest absolute Gasteiger partial charge is 0.341 e. The molecule has 0 unspecified atom stereocenters. The number of hydrogen-bond donors (Lipinski definition) is 2. The number of nitrogens with zero attached hydrogens (tertiary/aromatic N) is 6. The van der Waals surface area contributed by atoms with Gasteiger partial charge in [0.2, 0.25) is 17.8 Å². The van der Waals surface area contributed by atoms with Crippen molar-refractivity contribution in [2.24, 2.45) is 5.10 Å². The molecule has 10 nitrogen and oxygen atoms in total. The zero-order chi connectivity index (χ0) is 26.3. The van der Waals surface area contributed by atoms with E-state index in [2.05, 4.69) is 35.7 Å². The van der Waals surface area contributed by atoms with Gasteiger partial charge in [0.1, 0.15) is 0 Å². The lowest BCUT2D eigenvalue weighted by molar-refractivity contribution is -0.387. The minimum atomic E-state index is -0.378. The van der Waals surface area contributed by atoms with Crippen molar-refractivity contribution in [3.05, 3.63) is 94.0 Å². The summed E-state index contributed by atoms with van der Waals surface area (Å²) >= 11 is 1.36. The molecule has 1 aliphatic rings. The van der Waals surface area contributed by atoms with Crippen LogP contribution in [0.4, 0.5) is 29.2 Å². The van der Waals surface area contributed by atoms with Gasteiger partial charge in [0, 0.05) is 35.3 Å². The van der Waals surface area contributed by atoms with Crippen LogP contribution >= 0.6 is 11.8 Å². The van der Waals surface area contributed by atoms with Crippen LogP contribution in [-0.2, 0) is 0 Å². The standard InChI is InChI=1S/C27H26N8O2S/c1-19-9-12-22(13-10-19)38-24-14-11-20(17-23(24)35(36)37)18-28-33-26-30-25(29-21-7-3-2-4-8-21)31-27(32-26)34-15-5-6-16-34/h2-4,7-14,17-18H,5-6,15-16H2,1H3,(H2,29,30,31,32,33)/b28-18-. The highest BCUT2D eigenvalue weighted by molar-refractivity contribution is 7.99. The number of nitro groups is 1. The van der Waals surface area contributed by atoms with Gasteiger partial charge in [0.15, 0.2) is 0 Å². The maximum absolute atomic E-state index is 11.8. The molecule has 0 saturated carbocycles. The van der Waals surface area contributed by atoms with Gasteiger partial charge in [-0.25, -0.2) is 5.43 Å². The first-order valence-electron chi connectivity index (χ1n) is 12.2. The molecule has 0 atom stereocenters. The molecular formula is C27H26N8O2S. The molecule has 0 aliphatic carbocycles. The van der Waals surface area contributed by atoms with Crippen molar-refractivity contribution in [1.82, 2.24) is 15.0 Å². The minimum absolute atomic E-state index is 0.0188. The van der Waals surface area contributed by atoms with E-state index >= 15 is 0 Å². The number of nitro benzene ring substituents is 1. The molecule has 1 aromatic heterocycles. The predicted octanol–water partition coefficient (Wildman–Crippen LogP) is 6.03. The summed E-state index contributed by atoms with van der Waals surface area (Å²) in [6.07, 6.45) is 3.69. The molecule has 5 rings (SSSR count). The fraction of sp³-hybridized carbons (Fsp3) is 0.185. The number of aromatic nitrogens is 3. The van der Waals surface area contributed by atoms with Crippen LogP contribution in [0.2, 0.25) is 0 Å². The molecule has 2 heterocycles. The third kappa shape index (κ3) is 6.43. The summed E-state index contributed by atoms with van der Waals surface area (Å²) in [7, 11) is 0. The van der Waals surface area contributed by atoms with E-state index in [9.17, 15) is 10.1 Å². The summed E-state index contributed by atoms with van der Waals surface area (Å²) in [5.74, 6) is 1.25. The molecular weight excluding hydrogens is 500 g/mol. The molecule has 38 heavy (non-hydrogen) atoms. The van der Waals surface area contributed by atoms with Crippen molar-refractivity contribution >= 4 is 47.2 Å². The van der Waals surface area contributed by atoms with E-state index in [-0.39, 0.29) is 16.6 Å². The minimum Gasteiger partial charge on any atom is -0.341 e. The third-order valence-corrected chi connectivity index (χ3v) is 6.92. The normalized spacial score (nSPS) is 13.1. The lowest BCUT2D eigenvalue weighted by Gasteiger charge is -2.16. The molecule has 0 spiro atoms. The molecule has 11 heteroatoms. The molecule has 1 aliphatic heterocycles. The Morgan fingerprint density at radius 1 is 0.974 bits per heavy atom. The first-order valence-corrected chi connectivity index (χ1v) is 13.0. The Kier molecular flexibility index (Phi) is 7.74. The third-order valence-electron chi connectivity index (χ3n) is 5.85. The number of nitrogens with one attached hydrogen (secondary N) is 2. The van der Waals surface area contributed by atoms with E-state index in [1.54, 1.807) is 12.1 Å². The van der Waals surface area contributed by atoms with Crippen LogP contribution < -0.4 is 15.6 Å². The van der Waals surface area contributed by atoms with Crippen LogP contribution in [0.3, 0.4) is 0 Å². The summed E-state index contributed by atoms with van der Waals surface area (Å²) in [4.78, 5) is 28.5. The lowest BCUT2D eigenvalue weighted by atomic mass is 10.2. The molecule has 0 bridgehead atoms. The van der Waals surface area contributed by atoms with Crippen molar-refractivity contribution in [2.75, 3.05) is 28.7 Å². The van der Waals surface area contributed by atoms with Crippen LogP contribution in [0.15, 0.2) is 87.7 Å². The van der Waals surface area contributed by atoms with Crippen LogP contribution in [0, 0.1) is 17.0 Å². The molecule has 192 valence electrons.